The summed E-state index contributed by atoms with van der Waals surface area (Å²) in [5.74, 6) is 0.385. The summed E-state index contributed by atoms with van der Waals surface area (Å²) in [6.45, 7) is 4.69. The summed E-state index contributed by atoms with van der Waals surface area (Å²) in [5.41, 5.74) is 1.55. The Bertz CT molecular complexity index is 407. The Morgan fingerprint density at radius 1 is 1.50 bits per heavy atom. The van der Waals surface area contributed by atoms with Gasteiger partial charge in [-0.2, -0.15) is 0 Å². The molecule has 0 amide bonds. The molecule has 0 aliphatic heterocycles. The molecule has 0 aliphatic carbocycles. The van der Waals surface area contributed by atoms with Gasteiger partial charge in [-0.05, 0) is 25.3 Å². The molecule has 18 heavy (non-hydrogen) atoms. The van der Waals surface area contributed by atoms with E-state index in [0.29, 0.717) is 11.5 Å². The average Bonchev–Trinajstić information content (AvgIpc) is 2.35. The van der Waals surface area contributed by atoms with E-state index in [1.54, 1.807) is 19.1 Å². The number of anilines is 1. The lowest BCUT2D eigenvalue weighted by Gasteiger charge is -2.15. The van der Waals surface area contributed by atoms with Crippen molar-refractivity contribution in [1.29, 1.82) is 0 Å². The third-order valence-electron chi connectivity index (χ3n) is 3.12. The van der Waals surface area contributed by atoms with Gasteiger partial charge in [0.2, 0.25) is 0 Å². The number of hydrogen-bond acceptors (Lipinski definition) is 4. The molecular formula is C13H20N2O3. The molecule has 2 N–H and O–H groups in total. The molecule has 0 fully saturated rings. The third-order valence-corrected chi connectivity index (χ3v) is 3.12. The van der Waals surface area contributed by atoms with Gasteiger partial charge in [-0.25, -0.2) is 0 Å². The van der Waals surface area contributed by atoms with Crippen molar-refractivity contribution >= 4 is 11.4 Å². The van der Waals surface area contributed by atoms with Crippen molar-refractivity contribution < 1.29 is 10.0 Å². The smallest absolute Gasteiger partial charge is 0.274 e. The van der Waals surface area contributed by atoms with E-state index in [-0.39, 0.29) is 17.2 Å². The van der Waals surface area contributed by atoms with Crippen LogP contribution in [0.1, 0.15) is 25.3 Å². The summed E-state index contributed by atoms with van der Waals surface area (Å²) in [6.07, 6.45) is 1.72. The van der Waals surface area contributed by atoms with Gasteiger partial charge in [-0.1, -0.05) is 19.4 Å². The summed E-state index contributed by atoms with van der Waals surface area (Å²) in [5, 5.41) is 22.9. The highest BCUT2D eigenvalue weighted by Crippen LogP contribution is 2.22. The Balaban J connectivity index is 2.67. The second-order valence-corrected chi connectivity index (χ2v) is 4.43. The highest BCUT2D eigenvalue weighted by molar-refractivity contribution is 5.54. The van der Waals surface area contributed by atoms with E-state index in [1.807, 2.05) is 6.07 Å². The lowest BCUT2D eigenvalue weighted by atomic mass is 10.0. The van der Waals surface area contributed by atoms with E-state index in [4.69, 9.17) is 5.11 Å². The Labute approximate surface area is 107 Å². The predicted octanol–water partition coefficient (Wildman–Crippen LogP) is 2.72. The van der Waals surface area contributed by atoms with Crippen LogP contribution in [0.3, 0.4) is 0 Å². The molecule has 1 aromatic carbocycles. The van der Waals surface area contributed by atoms with Gasteiger partial charge in [0, 0.05) is 30.5 Å². The third kappa shape index (κ3) is 4.00. The highest BCUT2D eigenvalue weighted by Gasteiger charge is 2.11. The number of benzene rings is 1. The van der Waals surface area contributed by atoms with Crippen LogP contribution >= 0.6 is 0 Å². The van der Waals surface area contributed by atoms with Gasteiger partial charge in [0.05, 0.1) is 4.92 Å². The molecule has 5 nitrogen and oxygen atoms in total. The molecule has 1 rings (SSSR count). The van der Waals surface area contributed by atoms with Gasteiger partial charge < -0.3 is 10.4 Å². The Morgan fingerprint density at radius 2 is 2.22 bits per heavy atom. The molecule has 0 spiro atoms. The fourth-order valence-electron chi connectivity index (χ4n) is 1.81. The minimum Gasteiger partial charge on any atom is -0.396 e. The number of rotatable bonds is 7. The summed E-state index contributed by atoms with van der Waals surface area (Å²) < 4.78 is 0. The molecule has 1 atom stereocenters. The van der Waals surface area contributed by atoms with Gasteiger partial charge >= 0.3 is 0 Å². The summed E-state index contributed by atoms with van der Waals surface area (Å²) in [4.78, 5) is 10.4. The Kier molecular flexibility index (Phi) is 5.58. The zero-order valence-corrected chi connectivity index (χ0v) is 10.8. The molecule has 0 bridgehead atoms. The van der Waals surface area contributed by atoms with E-state index in [9.17, 15) is 10.1 Å². The van der Waals surface area contributed by atoms with Crippen molar-refractivity contribution in [2.75, 3.05) is 18.5 Å². The van der Waals surface area contributed by atoms with Crippen LogP contribution in [0.2, 0.25) is 0 Å². The fourth-order valence-corrected chi connectivity index (χ4v) is 1.81. The normalized spacial score (nSPS) is 12.2. The SMILES string of the molecule is CCC(CCO)CNc1ccc(C)c([N+](=O)[O-])c1. The summed E-state index contributed by atoms with van der Waals surface area (Å²) in [6, 6.07) is 5.14. The number of aliphatic hydroxyl groups is 1. The molecule has 1 aromatic rings. The number of hydrogen-bond donors (Lipinski definition) is 2. The number of nitro groups is 1. The lowest BCUT2D eigenvalue weighted by Crippen LogP contribution is -2.15. The first-order valence-corrected chi connectivity index (χ1v) is 6.18. The van der Waals surface area contributed by atoms with Crippen molar-refractivity contribution in [3.63, 3.8) is 0 Å². The molecule has 1 unspecified atom stereocenters. The van der Waals surface area contributed by atoms with Crippen molar-refractivity contribution in [1.82, 2.24) is 0 Å². The van der Waals surface area contributed by atoms with Gasteiger partial charge in [0.1, 0.15) is 0 Å². The fraction of sp³-hybridized carbons (Fsp3) is 0.538. The van der Waals surface area contributed by atoms with Crippen molar-refractivity contribution in [3.05, 3.63) is 33.9 Å². The van der Waals surface area contributed by atoms with Gasteiger partial charge in [0.25, 0.3) is 5.69 Å². The maximum absolute atomic E-state index is 10.8. The van der Waals surface area contributed by atoms with Crippen molar-refractivity contribution in [2.24, 2.45) is 5.92 Å². The molecule has 0 aromatic heterocycles. The molecular weight excluding hydrogens is 232 g/mol. The first-order chi connectivity index (χ1) is 8.58. The van der Waals surface area contributed by atoms with E-state index in [2.05, 4.69) is 12.2 Å². The highest BCUT2D eigenvalue weighted by atomic mass is 16.6. The summed E-state index contributed by atoms with van der Waals surface area (Å²) >= 11 is 0. The number of nitro benzene ring substituents is 1. The topological polar surface area (TPSA) is 75.4 Å². The van der Waals surface area contributed by atoms with E-state index in [0.717, 1.165) is 25.1 Å². The quantitative estimate of drug-likeness (QED) is 0.578. The van der Waals surface area contributed by atoms with Crippen LogP contribution in [-0.4, -0.2) is 23.2 Å². The lowest BCUT2D eigenvalue weighted by molar-refractivity contribution is -0.385. The average molecular weight is 252 g/mol. The molecule has 5 heteroatoms. The molecule has 0 aliphatic rings. The Morgan fingerprint density at radius 3 is 2.78 bits per heavy atom. The van der Waals surface area contributed by atoms with Crippen LogP contribution in [0.4, 0.5) is 11.4 Å². The maximum atomic E-state index is 10.8. The molecule has 0 radical (unpaired) electrons. The van der Waals surface area contributed by atoms with Gasteiger partial charge in [-0.15, -0.1) is 0 Å². The van der Waals surface area contributed by atoms with Crippen molar-refractivity contribution in [3.8, 4) is 0 Å². The van der Waals surface area contributed by atoms with Crippen LogP contribution < -0.4 is 5.32 Å². The van der Waals surface area contributed by atoms with E-state index >= 15 is 0 Å². The second-order valence-electron chi connectivity index (χ2n) is 4.43. The standard InChI is InChI=1S/C13H20N2O3/c1-3-11(6-7-16)9-14-12-5-4-10(2)13(8-12)15(17)18/h4-5,8,11,14,16H,3,6-7,9H2,1-2H3. The van der Waals surface area contributed by atoms with Crippen LogP contribution in [-0.2, 0) is 0 Å². The molecule has 0 heterocycles. The number of aryl methyl sites for hydroxylation is 1. The van der Waals surface area contributed by atoms with Crippen molar-refractivity contribution in [2.45, 2.75) is 26.7 Å². The maximum Gasteiger partial charge on any atom is 0.274 e. The van der Waals surface area contributed by atoms with Gasteiger partial charge in [0.15, 0.2) is 0 Å². The number of nitrogens with one attached hydrogen (secondary N) is 1. The van der Waals surface area contributed by atoms with Crippen LogP contribution in [0, 0.1) is 23.0 Å². The second kappa shape index (κ2) is 6.96. The first kappa shape index (κ1) is 14.4. The molecule has 100 valence electrons. The largest absolute Gasteiger partial charge is 0.396 e. The van der Waals surface area contributed by atoms with Gasteiger partial charge in [-0.3, -0.25) is 10.1 Å². The molecule has 0 saturated heterocycles. The zero-order valence-electron chi connectivity index (χ0n) is 10.8. The van der Waals surface area contributed by atoms with Crippen LogP contribution in [0.5, 0.6) is 0 Å². The Hall–Kier alpha value is -1.62. The minimum atomic E-state index is -0.370. The number of aliphatic hydroxyl groups excluding tert-OH is 1. The predicted molar refractivity (Wildman–Crippen MR) is 71.8 cm³/mol. The van der Waals surface area contributed by atoms with Crippen LogP contribution in [0.25, 0.3) is 0 Å². The monoisotopic (exact) mass is 252 g/mol. The first-order valence-electron chi connectivity index (χ1n) is 6.18. The summed E-state index contributed by atoms with van der Waals surface area (Å²) in [7, 11) is 0. The number of nitrogens with zero attached hydrogens (tertiary/aromatic N) is 1. The zero-order chi connectivity index (χ0) is 13.5. The van der Waals surface area contributed by atoms with E-state index in [1.165, 1.54) is 0 Å². The molecule has 0 saturated carbocycles. The van der Waals surface area contributed by atoms with E-state index < -0.39 is 0 Å². The minimum absolute atomic E-state index is 0.134. The van der Waals surface area contributed by atoms with Crippen LogP contribution in [0.15, 0.2) is 18.2 Å².